The van der Waals surface area contributed by atoms with E-state index in [9.17, 15) is 10.1 Å². The fourth-order valence-electron chi connectivity index (χ4n) is 2.54. The van der Waals surface area contributed by atoms with Gasteiger partial charge in [0.05, 0.1) is 22.0 Å². The van der Waals surface area contributed by atoms with E-state index < -0.39 is 0 Å². The summed E-state index contributed by atoms with van der Waals surface area (Å²) in [7, 11) is 0. The first-order valence-corrected chi connectivity index (χ1v) is 10.1. The molecule has 0 aliphatic rings. The molecule has 0 aliphatic carbocycles. The van der Waals surface area contributed by atoms with E-state index in [2.05, 4.69) is 16.4 Å². The Bertz CT molecular complexity index is 1030. The second-order valence-electron chi connectivity index (χ2n) is 6.15. The van der Waals surface area contributed by atoms with Gasteiger partial charge in [0, 0.05) is 17.7 Å². The van der Waals surface area contributed by atoms with Crippen molar-refractivity contribution in [3.63, 3.8) is 0 Å². The lowest BCUT2D eigenvalue weighted by Gasteiger charge is -2.08. The minimum atomic E-state index is -0.131. The van der Waals surface area contributed by atoms with Crippen LogP contribution in [-0.4, -0.2) is 16.6 Å². The summed E-state index contributed by atoms with van der Waals surface area (Å²) in [5, 5.41) is 13.3. The van der Waals surface area contributed by atoms with Crippen LogP contribution in [0.1, 0.15) is 17.5 Å². The van der Waals surface area contributed by atoms with Gasteiger partial charge in [-0.3, -0.25) is 4.79 Å². The van der Waals surface area contributed by atoms with E-state index in [-0.39, 0.29) is 12.3 Å². The minimum absolute atomic E-state index is 0.131. The summed E-state index contributed by atoms with van der Waals surface area (Å²) in [6.07, 6.45) is 0.289. The number of carbonyl (C=O) groups excluding carboxylic acids is 1. The molecule has 140 valence electrons. The van der Waals surface area contributed by atoms with Gasteiger partial charge in [-0.2, -0.15) is 5.26 Å². The lowest BCUT2D eigenvalue weighted by molar-refractivity contribution is -0.115. The predicted octanol–water partition coefficient (Wildman–Crippen LogP) is 5.70. The monoisotopic (exact) mass is 407 g/mol. The molecule has 3 rings (SSSR count). The molecule has 0 saturated heterocycles. The highest BCUT2D eigenvalue weighted by Crippen LogP contribution is 2.26. The highest BCUT2D eigenvalue weighted by molar-refractivity contribution is 7.99. The van der Waals surface area contributed by atoms with Gasteiger partial charge in [0.15, 0.2) is 0 Å². The van der Waals surface area contributed by atoms with Crippen molar-refractivity contribution in [1.82, 2.24) is 4.98 Å². The average molecular weight is 408 g/mol. The number of aryl methyl sites for hydroxylation is 1. The van der Waals surface area contributed by atoms with Gasteiger partial charge < -0.3 is 5.32 Å². The summed E-state index contributed by atoms with van der Waals surface area (Å²) in [5.41, 5.74) is 4.08. The van der Waals surface area contributed by atoms with E-state index in [1.807, 2.05) is 49.4 Å². The second kappa shape index (κ2) is 9.41. The molecule has 0 aliphatic heterocycles. The maximum Gasteiger partial charge on any atom is 0.225 e. The van der Waals surface area contributed by atoms with Crippen molar-refractivity contribution >= 4 is 35.0 Å². The molecule has 4 nitrogen and oxygen atoms in total. The van der Waals surface area contributed by atoms with Crippen molar-refractivity contribution in [3.05, 3.63) is 76.8 Å². The Morgan fingerprint density at radius 3 is 2.61 bits per heavy atom. The molecule has 0 radical (unpaired) electrons. The van der Waals surface area contributed by atoms with E-state index in [1.54, 1.807) is 18.2 Å². The Morgan fingerprint density at radius 1 is 1.14 bits per heavy atom. The fourth-order valence-corrected chi connectivity index (χ4v) is 3.63. The number of halogens is 1. The second-order valence-corrected chi connectivity index (χ2v) is 7.64. The number of pyridine rings is 1. The number of benzene rings is 2. The van der Waals surface area contributed by atoms with Crippen LogP contribution in [0.5, 0.6) is 0 Å². The summed E-state index contributed by atoms with van der Waals surface area (Å²) in [6.45, 7) is 2.03. The van der Waals surface area contributed by atoms with Crippen molar-refractivity contribution in [2.75, 3.05) is 11.1 Å². The molecule has 1 heterocycles. The number of nitrogens with zero attached hydrogens (tertiary/aromatic N) is 2. The number of thioether (sulfide) groups is 1. The number of para-hydroxylation sites is 1. The third-order valence-corrected chi connectivity index (χ3v) is 5.37. The summed E-state index contributed by atoms with van der Waals surface area (Å²) in [6, 6.07) is 21.0. The van der Waals surface area contributed by atoms with Gasteiger partial charge in [-0.05, 0) is 31.2 Å². The zero-order valence-electron chi connectivity index (χ0n) is 15.3. The predicted molar refractivity (Wildman–Crippen MR) is 115 cm³/mol. The lowest BCUT2D eigenvalue weighted by Crippen LogP contribution is -2.12. The molecule has 2 aromatic carbocycles. The van der Waals surface area contributed by atoms with E-state index >= 15 is 0 Å². The molecular weight excluding hydrogens is 390 g/mol. The van der Waals surface area contributed by atoms with E-state index in [0.29, 0.717) is 27.1 Å². The van der Waals surface area contributed by atoms with Gasteiger partial charge in [-0.25, -0.2) is 4.98 Å². The van der Waals surface area contributed by atoms with Crippen LogP contribution >= 0.6 is 23.4 Å². The number of hydrogen-bond donors (Lipinski definition) is 1. The molecule has 3 aromatic rings. The number of nitriles is 1. The molecule has 0 bridgehead atoms. The van der Waals surface area contributed by atoms with Crippen LogP contribution in [0.2, 0.25) is 5.02 Å². The van der Waals surface area contributed by atoms with Crippen molar-refractivity contribution in [2.24, 2.45) is 0 Å². The van der Waals surface area contributed by atoms with E-state index in [4.69, 9.17) is 11.6 Å². The molecule has 1 amide bonds. The number of hydrogen-bond acceptors (Lipinski definition) is 4. The molecule has 6 heteroatoms. The van der Waals surface area contributed by atoms with E-state index in [1.165, 1.54) is 17.3 Å². The maximum atomic E-state index is 12.2. The SMILES string of the molecule is Cc1ccc(-c2ccc(C#N)c(SCCC(=O)Nc3ccccc3Cl)n2)cc1. The number of carbonyl (C=O) groups is 1. The van der Waals surface area contributed by atoms with Crippen LogP contribution in [-0.2, 0) is 4.79 Å². The molecule has 0 unspecified atom stereocenters. The van der Waals surface area contributed by atoms with Crippen LogP contribution in [0.3, 0.4) is 0 Å². The standard InChI is InChI=1S/C22H18ClN3OS/c1-15-6-8-16(9-7-15)19-11-10-17(14-24)22(26-19)28-13-12-21(27)25-20-5-3-2-4-18(20)23/h2-11H,12-13H2,1H3,(H,25,27). The Labute approximate surface area is 173 Å². The first kappa shape index (κ1) is 19.9. The number of rotatable bonds is 6. The normalized spacial score (nSPS) is 10.3. The van der Waals surface area contributed by atoms with Crippen molar-refractivity contribution in [3.8, 4) is 17.3 Å². The molecule has 0 saturated carbocycles. The van der Waals surface area contributed by atoms with Crippen LogP contribution in [0, 0.1) is 18.3 Å². The molecular formula is C22H18ClN3OS. The molecule has 0 atom stereocenters. The first-order valence-electron chi connectivity index (χ1n) is 8.72. The molecule has 0 spiro atoms. The van der Waals surface area contributed by atoms with Gasteiger partial charge in [0.1, 0.15) is 11.1 Å². The maximum absolute atomic E-state index is 12.2. The van der Waals surface area contributed by atoms with Gasteiger partial charge in [0.2, 0.25) is 5.91 Å². The third kappa shape index (κ3) is 5.13. The molecule has 28 heavy (non-hydrogen) atoms. The smallest absolute Gasteiger partial charge is 0.225 e. The Balaban J connectivity index is 1.65. The summed E-state index contributed by atoms with van der Waals surface area (Å²) >= 11 is 7.46. The van der Waals surface area contributed by atoms with Crippen molar-refractivity contribution in [1.29, 1.82) is 5.26 Å². The first-order chi connectivity index (χ1) is 13.6. The van der Waals surface area contributed by atoms with Crippen LogP contribution in [0.15, 0.2) is 65.7 Å². The zero-order chi connectivity index (χ0) is 19.9. The highest BCUT2D eigenvalue weighted by Gasteiger charge is 2.10. The topological polar surface area (TPSA) is 65.8 Å². The Morgan fingerprint density at radius 2 is 1.89 bits per heavy atom. The summed E-state index contributed by atoms with van der Waals surface area (Å²) in [4.78, 5) is 16.8. The van der Waals surface area contributed by atoms with Crippen LogP contribution in [0.4, 0.5) is 5.69 Å². The van der Waals surface area contributed by atoms with Crippen molar-refractivity contribution in [2.45, 2.75) is 18.4 Å². The number of amides is 1. The van der Waals surface area contributed by atoms with Crippen LogP contribution in [0.25, 0.3) is 11.3 Å². The Kier molecular flexibility index (Phi) is 6.70. The van der Waals surface area contributed by atoms with Gasteiger partial charge in [0.25, 0.3) is 0 Å². The minimum Gasteiger partial charge on any atom is -0.325 e. The molecule has 1 aromatic heterocycles. The zero-order valence-corrected chi connectivity index (χ0v) is 16.8. The summed E-state index contributed by atoms with van der Waals surface area (Å²) in [5.74, 6) is 0.378. The summed E-state index contributed by atoms with van der Waals surface area (Å²) < 4.78 is 0. The van der Waals surface area contributed by atoms with Gasteiger partial charge in [-0.1, -0.05) is 53.6 Å². The lowest BCUT2D eigenvalue weighted by atomic mass is 10.1. The van der Waals surface area contributed by atoms with E-state index in [0.717, 1.165) is 11.3 Å². The molecule has 0 fully saturated rings. The molecule has 1 N–H and O–H groups in total. The highest BCUT2D eigenvalue weighted by atomic mass is 35.5. The van der Waals surface area contributed by atoms with Crippen molar-refractivity contribution < 1.29 is 4.79 Å². The third-order valence-electron chi connectivity index (χ3n) is 4.04. The quantitative estimate of drug-likeness (QED) is 0.532. The van der Waals surface area contributed by atoms with Gasteiger partial charge >= 0.3 is 0 Å². The number of anilines is 1. The Hall–Kier alpha value is -2.81. The average Bonchev–Trinajstić information content (AvgIpc) is 2.70. The largest absolute Gasteiger partial charge is 0.325 e. The number of aromatic nitrogens is 1. The van der Waals surface area contributed by atoms with Crippen LogP contribution < -0.4 is 5.32 Å². The fraction of sp³-hybridized carbons (Fsp3) is 0.136. The van der Waals surface area contributed by atoms with Gasteiger partial charge in [-0.15, -0.1) is 11.8 Å². The number of nitrogens with one attached hydrogen (secondary N) is 1.